The number of aromatic amines is 1. The van der Waals surface area contributed by atoms with E-state index in [2.05, 4.69) is 23.8 Å². The predicted molar refractivity (Wildman–Crippen MR) is 97.6 cm³/mol. The third-order valence-corrected chi connectivity index (χ3v) is 5.82. The van der Waals surface area contributed by atoms with Crippen LogP contribution in [-0.2, 0) is 11.2 Å². The lowest BCUT2D eigenvalue weighted by atomic mass is 9.98. The molecule has 0 saturated carbocycles. The molecule has 1 N–H and O–H groups in total. The number of hydrogen-bond donors (Lipinski definition) is 1. The number of aryl methyl sites for hydroxylation is 1. The zero-order valence-electron chi connectivity index (χ0n) is 14.2. The van der Waals surface area contributed by atoms with Gasteiger partial charge in [0.1, 0.15) is 4.83 Å². The largest absolute Gasteiger partial charge is 0.348 e. The lowest BCUT2D eigenvalue weighted by Crippen LogP contribution is -2.23. The molecule has 0 spiro atoms. The van der Waals surface area contributed by atoms with Crippen LogP contribution in [0.1, 0.15) is 30.7 Å². The van der Waals surface area contributed by atoms with E-state index in [0.717, 1.165) is 33.5 Å². The van der Waals surface area contributed by atoms with Crippen molar-refractivity contribution in [2.75, 3.05) is 19.8 Å². The SMILES string of the molecule is CCC(C)Cc1c(C)sc2nc(SCC(=O)N(C)C)[nH]c(=O)c12. The standard InChI is InChI=1S/C16H23N3O2S2/c1-6-9(2)7-11-10(3)23-15-13(11)14(21)17-16(18-15)22-8-12(20)19(4)5/h9H,6-8H2,1-5H3,(H,17,18,21). The lowest BCUT2D eigenvalue weighted by molar-refractivity contribution is -0.125. The predicted octanol–water partition coefficient (Wildman–Crippen LogP) is 3.06. The summed E-state index contributed by atoms with van der Waals surface area (Å²) in [5, 5.41) is 1.23. The van der Waals surface area contributed by atoms with Crippen LogP contribution in [0.15, 0.2) is 9.95 Å². The highest BCUT2D eigenvalue weighted by molar-refractivity contribution is 7.99. The number of amides is 1. The molecular weight excluding hydrogens is 330 g/mol. The number of H-pyrrole nitrogens is 1. The molecular formula is C16H23N3O2S2. The van der Waals surface area contributed by atoms with Gasteiger partial charge in [-0.2, -0.15) is 0 Å². The third-order valence-electron chi connectivity index (χ3n) is 3.92. The van der Waals surface area contributed by atoms with Crippen LogP contribution >= 0.6 is 23.1 Å². The average molecular weight is 354 g/mol. The molecule has 7 heteroatoms. The van der Waals surface area contributed by atoms with Crippen molar-refractivity contribution in [3.63, 3.8) is 0 Å². The first-order chi connectivity index (χ1) is 10.8. The Morgan fingerprint density at radius 2 is 2.13 bits per heavy atom. The minimum atomic E-state index is -0.0996. The summed E-state index contributed by atoms with van der Waals surface area (Å²) in [5.74, 6) is 0.807. The molecule has 1 atom stereocenters. The number of nitrogens with zero attached hydrogens (tertiary/aromatic N) is 2. The lowest BCUT2D eigenvalue weighted by Gasteiger charge is -2.09. The molecule has 2 rings (SSSR count). The van der Waals surface area contributed by atoms with Crippen molar-refractivity contribution >= 4 is 39.2 Å². The van der Waals surface area contributed by atoms with Gasteiger partial charge in [-0.3, -0.25) is 9.59 Å². The van der Waals surface area contributed by atoms with Crippen molar-refractivity contribution in [3.05, 3.63) is 20.8 Å². The maximum absolute atomic E-state index is 12.5. The van der Waals surface area contributed by atoms with Gasteiger partial charge in [0.2, 0.25) is 5.91 Å². The molecule has 0 radical (unpaired) electrons. The fraction of sp³-hybridized carbons (Fsp3) is 0.562. The Bertz CT molecular complexity index is 765. The summed E-state index contributed by atoms with van der Waals surface area (Å²) in [4.78, 5) is 35.0. The second kappa shape index (κ2) is 7.49. The van der Waals surface area contributed by atoms with E-state index >= 15 is 0 Å². The zero-order valence-corrected chi connectivity index (χ0v) is 15.9. The smallest absolute Gasteiger partial charge is 0.260 e. The van der Waals surface area contributed by atoms with Crippen LogP contribution < -0.4 is 5.56 Å². The van der Waals surface area contributed by atoms with Gasteiger partial charge in [0.25, 0.3) is 5.56 Å². The van der Waals surface area contributed by atoms with Crippen molar-refractivity contribution in [2.24, 2.45) is 5.92 Å². The molecule has 0 aliphatic carbocycles. The van der Waals surface area contributed by atoms with Crippen LogP contribution in [0.3, 0.4) is 0 Å². The summed E-state index contributed by atoms with van der Waals surface area (Å²) in [6.07, 6.45) is 1.99. The molecule has 0 bridgehead atoms. The fourth-order valence-electron chi connectivity index (χ4n) is 2.22. The Kier molecular flexibility index (Phi) is 5.86. The maximum Gasteiger partial charge on any atom is 0.260 e. The van der Waals surface area contributed by atoms with Crippen LogP contribution in [0.4, 0.5) is 0 Å². The summed E-state index contributed by atoms with van der Waals surface area (Å²) >= 11 is 2.83. The fourth-order valence-corrected chi connectivity index (χ4v) is 4.17. The molecule has 126 valence electrons. The number of hydrogen-bond acceptors (Lipinski definition) is 5. The number of carbonyl (C=O) groups excluding carboxylic acids is 1. The zero-order chi connectivity index (χ0) is 17.1. The van der Waals surface area contributed by atoms with Crippen molar-refractivity contribution in [2.45, 2.75) is 38.8 Å². The van der Waals surface area contributed by atoms with Crippen LogP contribution in [0, 0.1) is 12.8 Å². The van der Waals surface area contributed by atoms with Gasteiger partial charge < -0.3 is 9.88 Å². The van der Waals surface area contributed by atoms with E-state index in [-0.39, 0.29) is 17.2 Å². The quantitative estimate of drug-likeness (QED) is 0.640. The van der Waals surface area contributed by atoms with Crippen molar-refractivity contribution in [1.82, 2.24) is 14.9 Å². The minimum absolute atomic E-state index is 0.00225. The van der Waals surface area contributed by atoms with Gasteiger partial charge in [0.15, 0.2) is 5.16 Å². The molecule has 0 aliphatic heterocycles. The van der Waals surface area contributed by atoms with E-state index in [4.69, 9.17) is 0 Å². The number of thioether (sulfide) groups is 1. The number of carbonyl (C=O) groups is 1. The van der Waals surface area contributed by atoms with Crippen LogP contribution in [0.25, 0.3) is 10.2 Å². The van der Waals surface area contributed by atoms with Gasteiger partial charge in [-0.05, 0) is 24.8 Å². The Morgan fingerprint density at radius 1 is 1.43 bits per heavy atom. The number of fused-ring (bicyclic) bond motifs is 1. The first-order valence-corrected chi connectivity index (χ1v) is 9.48. The summed E-state index contributed by atoms with van der Waals surface area (Å²) in [6.45, 7) is 6.40. The van der Waals surface area contributed by atoms with Gasteiger partial charge in [-0.15, -0.1) is 11.3 Å². The molecule has 2 aromatic heterocycles. The van der Waals surface area contributed by atoms with E-state index in [9.17, 15) is 9.59 Å². The van der Waals surface area contributed by atoms with E-state index < -0.39 is 0 Å². The first kappa shape index (κ1) is 18.0. The van der Waals surface area contributed by atoms with Crippen molar-refractivity contribution in [3.8, 4) is 0 Å². The highest BCUT2D eigenvalue weighted by Crippen LogP contribution is 2.30. The second-order valence-electron chi connectivity index (χ2n) is 5.98. The molecule has 0 saturated heterocycles. The molecule has 2 heterocycles. The first-order valence-electron chi connectivity index (χ1n) is 7.68. The Balaban J connectivity index is 2.33. The molecule has 0 fully saturated rings. The number of thiophene rings is 1. The number of aromatic nitrogens is 2. The monoisotopic (exact) mass is 353 g/mol. The summed E-state index contributed by atoms with van der Waals surface area (Å²) in [6, 6.07) is 0. The van der Waals surface area contributed by atoms with Gasteiger partial charge in [-0.25, -0.2) is 4.98 Å². The van der Waals surface area contributed by atoms with Gasteiger partial charge in [-0.1, -0.05) is 32.0 Å². The van der Waals surface area contributed by atoms with E-state index in [1.165, 1.54) is 16.7 Å². The topological polar surface area (TPSA) is 66.1 Å². The molecule has 2 aromatic rings. The normalized spacial score (nSPS) is 12.6. The van der Waals surface area contributed by atoms with Crippen molar-refractivity contribution < 1.29 is 4.79 Å². The summed E-state index contributed by atoms with van der Waals surface area (Å²) in [5.41, 5.74) is 1.02. The molecule has 5 nitrogen and oxygen atoms in total. The molecule has 1 unspecified atom stereocenters. The Hall–Kier alpha value is -1.34. The number of nitrogens with one attached hydrogen (secondary N) is 1. The van der Waals surface area contributed by atoms with Crippen LogP contribution in [0.5, 0.6) is 0 Å². The highest BCUT2D eigenvalue weighted by Gasteiger charge is 2.17. The Labute approximate surface area is 144 Å². The average Bonchev–Trinajstić information content (AvgIpc) is 2.80. The minimum Gasteiger partial charge on any atom is -0.348 e. The van der Waals surface area contributed by atoms with Gasteiger partial charge in [0.05, 0.1) is 11.1 Å². The second-order valence-corrected chi connectivity index (χ2v) is 8.15. The van der Waals surface area contributed by atoms with E-state index in [1.807, 2.05) is 6.92 Å². The molecule has 0 aliphatic rings. The van der Waals surface area contributed by atoms with E-state index in [1.54, 1.807) is 25.4 Å². The van der Waals surface area contributed by atoms with Gasteiger partial charge >= 0.3 is 0 Å². The summed E-state index contributed by atoms with van der Waals surface area (Å²) < 4.78 is 0. The van der Waals surface area contributed by atoms with Crippen molar-refractivity contribution in [1.29, 1.82) is 0 Å². The highest BCUT2D eigenvalue weighted by atomic mass is 32.2. The molecule has 23 heavy (non-hydrogen) atoms. The molecule has 0 aromatic carbocycles. The Morgan fingerprint density at radius 3 is 2.74 bits per heavy atom. The summed E-state index contributed by atoms with van der Waals surface area (Å²) in [7, 11) is 3.43. The van der Waals surface area contributed by atoms with Crippen LogP contribution in [0.2, 0.25) is 0 Å². The van der Waals surface area contributed by atoms with Gasteiger partial charge in [0, 0.05) is 19.0 Å². The van der Waals surface area contributed by atoms with Crippen LogP contribution in [-0.4, -0.2) is 40.6 Å². The third kappa shape index (κ3) is 4.14. The molecule has 1 amide bonds. The maximum atomic E-state index is 12.5. The number of rotatable bonds is 6. The van der Waals surface area contributed by atoms with E-state index in [0.29, 0.717) is 11.1 Å².